The van der Waals surface area contributed by atoms with Crippen LogP contribution < -0.4 is 0 Å². The number of aliphatic carboxylic acids is 2. The molecule has 0 atom stereocenters. The van der Waals surface area contributed by atoms with Crippen LogP contribution in [0.2, 0.25) is 14.8 Å². The van der Waals surface area contributed by atoms with Crippen LogP contribution in [-0.4, -0.2) is 78.8 Å². The van der Waals surface area contributed by atoms with Crippen molar-refractivity contribution in [2.75, 3.05) is 11.5 Å². The van der Waals surface area contributed by atoms with E-state index in [0.29, 0.717) is 10.3 Å². The van der Waals surface area contributed by atoms with Gasteiger partial charge in [0.05, 0.1) is 11.5 Å². The molecule has 0 unspecified atom stereocenters. The second-order valence-corrected chi connectivity index (χ2v) is 17.2. The molecule has 0 spiro atoms. The van der Waals surface area contributed by atoms with Gasteiger partial charge in [-0.15, -0.1) is 0 Å². The topological polar surface area (TPSA) is 158 Å². The first-order valence-corrected chi connectivity index (χ1v) is 19.5. The summed E-state index contributed by atoms with van der Waals surface area (Å²) in [6.07, 6.45) is 0. The molecule has 0 aromatic carbocycles. The molecular formula is C19H31N4O5S2Sn. The van der Waals surface area contributed by atoms with Gasteiger partial charge in [-0.05, 0) is 39.8 Å². The van der Waals surface area contributed by atoms with Gasteiger partial charge in [0.2, 0.25) is 0 Å². The molecule has 0 aliphatic heterocycles. The SMILES string of the molecule is Cc1cc(C)nc(SCC(=O)O)n1.Cc1cc(C)nc(SCC(=O)O)n1.O.[CH3][Sn]([CH3])[CH3]. The number of hydrogen-bond donors (Lipinski definition) is 2. The Hall–Kier alpha value is -1.44. The van der Waals surface area contributed by atoms with Gasteiger partial charge < -0.3 is 15.7 Å². The predicted molar refractivity (Wildman–Crippen MR) is 127 cm³/mol. The number of nitrogens with zero attached hydrogens (tertiary/aromatic N) is 4. The van der Waals surface area contributed by atoms with Crippen molar-refractivity contribution in [1.29, 1.82) is 0 Å². The fourth-order valence-corrected chi connectivity index (χ4v) is 3.11. The molecular weight excluding hydrogens is 547 g/mol. The number of carbonyl (C=O) groups is 2. The fourth-order valence-electron chi connectivity index (χ4n) is 1.77. The number of thioether (sulfide) groups is 2. The van der Waals surface area contributed by atoms with E-state index in [0.717, 1.165) is 46.3 Å². The molecule has 1 radical (unpaired) electrons. The molecule has 4 N–H and O–H groups in total. The Morgan fingerprint density at radius 1 is 0.742 bits per heavy atom. The van der Waals surface area contributed by atoms with E-state index in [9.17, 15) is 9.59 Å². The number of aromatic nitrogens is 4. The average molecular weight is 578 g/mol. The Morgan fingerprint density at radius 2 is 0.968 bits per heavy atom. The fraction of sp³-hybridized carbons (Fsp3) is 0.474. The Morgan fingerprint density at radius 3 is 1.16 bits per heavy atom. The van der Waals surface area contributed by atoms with Crippen LogP contribution in [-0.2, 0) is 9.59 Å². The Bertz CT molecular complexity index is 732. The van der Waals surface area contributed by atoms with Crippen molar-refractivity contribution in [2.24, 2.45) is 0 Å². The minimum absolute atomic E-state index is 0. The second kappa shape index (κ2) is 17.2. The van der Waals surface area contributed by atoms with Crippen LogP contribution in [0.15, 0.2) is 22.4 Å². The molecule has 0 aliphatic rings. The molecule has 0 saturated heterocycles. The molecule has 2 aromatic heterocycles. The first-order chi connectivity index (χ1) is 13.9. The summed E-state index contributed by atoms with van der Waals surface area (Å²) in [5, 5.41) is 17.9. The maximum absolute atomic E-state index is 10.3. The monoisotopic (exact) mass is 579 g/mol. The van der Waals surface area contributed by atoms with Crippen molar-refractivity contribution >= 4 is 55.2 Å². The van der Waals surface area contributed by atoms with Gasteiger partial charge in [0.25, 0.3) is 0 Å². The molecule has 2 aromatic rings. The molecule has 0 saturated carbocycles. The van der Waals surface area contributed by atoms with E-state index in [-0.39, 0.29) is 17.0 Å². The van der Waals surface area contributed by atoms with E-state index in [1.807, 2.05) is 39.8 Å². The normalized spacial score (nSPS) is 9.55. The Balaban J connectivity index is 0. The van der Waals surface area contributed by atoms with E-state index in [1.165, 1.54) is 0 Å². The van der Waals surface area contributed by atoms with Gasteiger partial charge in [0.15, 0.2) is 10.3 Å². The molecule has 0 amide bonds. The summed E-state index contributed by atoms with van der Waals surface area (Å²) in [7, 11) is 0. The zero-order valence-electron chi connectivity index (χ0n) is 18.9. The van der Waals surface area contributed by atoms with Gasteiger partial charge >= 0.3 is 46.5 Å². The molecule has 0 bridgehead atoms. The van der Waals surface area contributed by atoms with E-state index in [1.54, 1.807) is 0 Å². The summed E-state index contributed by atoms with van der Waals surface area (Å²) in [6, 6.07) is 3.70. The van der Waals surface area contributed by atoms with Crippen molar-refractivity contribution in [1.82, 2.24) is 19.9 Å². The molecule has 2 rings (SSSR count). The molecule has 12 heteroatoms. The van der Waals surface area contributed by atoms with Crippen LogP contribution in [0, 0.1) is 27.7 Å². The molecule has 173 valence electrons. The van der Waals surface area contributed by atoms with Crippen molar-refractivity contribution in [2.45, 2.75) is 52.8 Å². The summed E-state index contributed by atoms with van der Waals surface area (Å²) in [4.78, 5) is 44.0. The van der Waals surface area contributed by atoms with Crippen LogP contribution in [0.5, 0.6) is 0 Å². The predicted octanol–water partition coefficient (Wildman–Crippen LogP) is 3.09. The maximum atomic E-state index is 10.3. The zero-order chi connectivity index (χ0) is 23.3. The first kappa shape index (κ1) is 31.7. The quantitative estimate of drug-likeness (QED) is 0.297. The molecule has 31 heavy (non-hydrogen) atoms. The summed E-state index contributed by atoms with van der Waals surface area (Å²) in [5.41, 5.74) is 3.45. The number of hydrogen-bond acceptors (Lipinski definition) is 8. The van der Waals surface area contributed by atoms with Crippen molar-refractivity contribution < 1.29 is 25.3 Å². The summed E-state index contributed by atoms with van der Waals surface area (Å²) < 4.78 is 0. The van der Waals surface area contributed by atoms with Crippen molar-refractivity contribution in [3.8, 4) is 0 Å². The van der Waals surface area contributed by atoms with Crippen LogP contribution in [0.3, 0.4) is 0 Å². The van der Waals surface area contributed by atoms with Gasteiger partial charge in [0.1, 0.15) is 0 Å². The van der Waals surface area contributed by atoms with Crippen LogP contribution in [0.1, 0.15) is 22.8 Å². The minimum atomic E-state index is -0.854. The van der Waals surface area contributed by atoms with Gasteiger partial charge in [-0.2, -0.15) is 0 Å². The Labute approximate surface area is 199 Å². The molecule has 9 nitrogen and oxygen atoms in total. The number of aryl methyl sites for hydroxylation is 4. The van der Waals surface area contributed by atoms with Gasteiger partial charge in [-0.25, -0.2) is 19.9 Å². The second-order valence-electron chi connectivity index (χ2n) is 6.73. The zero-order valence-corrected chi connectivity index (χ0v) is 23.4. The first-order valence-electron chi connectivity index (χ1n) is 8.99. The average Bonchev–Trinajstić information content (AvgIpc) is 2.56. The third kappa shape index (κ3) is 19.0. The van der Waals surface area contributed by atoms with Gasteiger partial charge in [0, 0.05) is 22.8 Å². The van der Waals surface area contributed by atoms with E-state index in [4.69, 9.17) is 10.2 Å². The van der Waals surface area contributed by atoms with Gasteiger partial charge in [-0.3, -0.25) is 9.59 Å². The number of carboxylic acids is 2. The summed E-state index contributed by atoms with van der Waals surface area (Å²) in [6.45, 7) is 7.44. The van der Waals surface area contributed by atoms with Crippen LogP contribution >= 0.6 is 23.5 Å². The summed E-state index contributed by atoms with van der Waals surface area (Å²) in [5.74, 6) is -1.70. The summed E-state index contributed by atoms with van der Waals surface area (Å²) >= 11 is 1.73. The molecule has 0 aliphatic carbocycles. The molecule has 2 heterocycles. The Kier molecular flexibility index (Phi) is 17.6. The number of rotatable bonds is 6. The third-order valence-corrected chi connectivity index (χ3v) is 4.24. The van der Waals surface area contributed by atoms with Crippen LogP contribution in [0.4, 0.5) is 0 Å². The standard InChI is InChI=1S/2C8H10N2O2S.3CH3.H2O.Sn/c2*1-5-3-6(2)10-8(9-5)13-4-7(11)12;;;;;/h2*3H,4H2,1-2H3,(H,11,12);3*1H3;1H2;. The molecule has 0 fully saturated rings. The van der Waals surface area contributed by atoms with Crippen molar-refractivity contribution in [3.05, 3.63) is 34.9 Å². The van der Waals surface area contributed by atoms with E-state index < -0.39 is 31.7 Å². The van der Waals surface area contributed by atoms with Crippen molar-refractivity contribution in [3.63, 3.8) is 0 Å². The van der Waals surface area contributed by atoms with Gasteiger partial charge in [-0.1, -0.05) is 23.5 Å². The van der Waals surface area contributed by atoms with E-state index in [2.05, 4.69) is 34.8 Å². The third-order valence-electron chi connectivity index (χ3n) is 2.57. The number of carboxylic acid groups (broad SMARTS) is 2. The van der Waals surface area contributed by atoms with E-state index >= 15 is 0 Å². The van der Waals surface area contributed by atoms with Crippen LogP contribution in [0.25, 0.3) is 0 Å².